The first-order valence-corrected chi connectivity index (χ1v) is 9.29. The zero-order valence-corrected chi connectivity index (χ0v) is 15.1. The molecule has 1 aromatic rings. The van der Waals surface area contributed by atoms with Crippen molar-refractivity contribution in [3.05, 3.63) is 18.7 Å². The fourth-order valence-electron chi connectivity index (χ4n) is 4.27. The number of likely N-dealkylation sites (tertiary alicyclic amines) is 1. The number of rotatable bonds is 4. The van der Waals surface area contributed by atoms with Crippen LogP contribution in [0, 0.1) is 5.41 Å². The largest absolute Gasteiger partial charge is 0.376 e. The highest BCUT2D eigenvalue weighted by atomic mass is 16.5. The summed E-state index contributed by atoms with van der Waals surface area (Å²) in [5.74, 6) is 0. The second-order valence-corrected chi connectivity index (χ2v) is 8.53. The molecule has 0 unspecified atom stereocenters. The molecule has 0 amide bonds. The number of nitrogens with zero attached hydrogens (tertiary/aromatic N) is 3. The van der Waals surface area contributed by atoms with Crippen LogP contribution in [0.4, 0.5) is 0 Å². The van der Waals surface area contributed by atoms with Gasteiger partial charge in [-0.3, -0.25) is 4.90 Å². The Labute approximate surface area is 141 Å². The number of ether oxygens (including phenoxy) is 1. The highest BCUT2D eigenvalue weighted by molar-refractivity contribution is 4.93. The third-order valence-electron chi connectivity index (χ3n) is 6.03. The summed E-state index contributed by atoms with van der Waals surface area (Å²) in [7, 11) is 0. The van der Waals surface area contributed by atoms with Crippen LogP contribution in [0.1, 0.15) is 59.3 Å². The second kappa shape index (κ2) is 6.94. The van der Waals surface area contributed by atoms with Crippen LogP contribution < -0.4 is 0 Å². The van der Waals surface area contributed by atoms with Crippen molar-refractivity contribution in [2.45, 2.75) is 77.5 Å². The van der Waals surface area contributed by atoms with Crippen LogP contribution in [-0.2, 0) is 11.3 Å². The van der Waals surface area contributed by atoms with Crippen molar-refractivity contribution >= 4 is 0 Å². The zero-order valence-electron chi connectivity index (χ0n) is 15.1. The summed E-state index contributed by atoms with van der Waals surface area (Å²) in [4.78, 5) is 6.73. The third kappa shape index (κ3) is 4.36. The van der Waals surface area contributed by atoms with Gasteiger partial charge in [-0.1, -0.05) is 0 Å². The van der Waals surface area contributed by atoms with Crippen LogP contribution in [-0.4, -0.2) is 45.8 Å². The molecule has 1 aliphatic carbocycles. The van der Waals surface area contributed by atoms with Gasteiger partial charge in [0, 0.05) is 24.5 Å². The fraction of sp³-hybridized carbons (Fsp3) is 0.842. The molecular formula is C19H33N3O. The van der Waals surface area contributed by atoms with Crippen LogP contribution in [0.5, 0.6) is 0 Å². The molecule has 4 heteroatoms. The van der Waals surface area contributed by atoms with E-state index in [1.807, 2.05) is 18.7 Å². The summed E-state index contributed by atoms with van der Waals surface area (Å²) < 4.78 is 8.20. The predicted octanol–water partition coefficient (Wildman–Crippen LogP) is 3.72. The standard InChI is InChI=1S/C19H33N3O/c1-18(2,3)22-11-8-19(9-12-22)6-4-17(5-7-19)23-15-14-21-13-10-20-16-21/h10,13,16-17H,4-9,11-12,14-15H2,1-3H3. The molecule has 1 spiro atoms. The van der Waals surface area contributed by atoms with Crippen LogP contribution in [0.3, 0.4) is 0 Å². The molecule has 1 saturated heterocycles. The maximum absolute atomic E-state index is 6.11. The highest BCUT2D eigenvalue weighted by Gasteiger charge is 2.40. The highest BCUT2D eigenvalue weighted by Crippen LogP contribution is 2.46. The monoisotopic (exact) mass is 319 g/mol. The van der Waals surface area contributed by atoms with Gasteiger partial charge in [-0.25, -0.2) is 4.98 Å². The molecule has 0 N–H and O–H groups in total. The summed E-state index contributed by atoms with van der Waals surface area (Å²) in [6.07, 6.45) is 14.2. The average molecular weight is 319 g/mol. The molecule has 0 bridgehead atoms. The molecule has 2 heterocycles. The third-order valence-corrected chi connectivity index (χ3v) is 6.03. The minimum Gasteiger partial charge on any atom is -0.376 e. The Morgan fingerprint density at radius 2 is 1.83 bits per heavy atom. The Morgan fingerprint density at radius 1 is 1.13 bits per heavy atom. The number of hydrogen-bond acceptors (Lipinski definition) is 3. The smallest absolute Gasteiger partial charge is 0.0946 e. The van der Waals surface area contributed by atoms with Crippen molar-refractivity contribution in [1.82, 2.24) is 14.5 Å². The van der Waals surface area contributed by atoms with Crippen LogP contribution in [0.2, 0.25) is 0 Å². The van der Waals surface area contributed by atoms with E-state index in [2.05, 4.69) is 35.2 Å². The van der Waals surface area contributed by atoms with E-state index in [1.165, 1.54) is 51.6 Å². The van der Waals surface area contributed by atoms with Gasteiger partial charge in [0.2, 0.25) is 0 Å². The van der Waals surface area contributed by atoms with E-state index in [-0.39, 0.29) is 0 Å². The molecule has 3 rings (SSSR count). The van der Waals surface area contributed by atoms with Gasteiger partial charge in [0.25, 0.3) is 0 Å². The van der Waals surface area contributed by atoms with Crippen molar-refractivity contribution in [2.75, 3.05) is 19.7 Å². The van der Waals surface area contributed by atoms with Crippen LogP contribution in [0.25, 0.3) is 0 Å². The zero-order chi connectivity index (χ0) is 16.3. The van der Waals surface area contributed by atoms with Gasteiger partial charge in [0.15, 0.2) is 0 Å². The summed E-state index contributed by atoms with van der Waals surface area (Å²) in [6, 6.07) is 0. The Kier molecular flexibility index (Phi) is 5.12. The molecule has 2 fully saturated rings. The fourth-order valence-corrected chi connectivity index (χ4v) is 4.27. The lowest BCUT2D eigenvalue weighted by Crippen LogP contribution is -2.50. The Balaban J connectivity index is 1.39. The number of piperidine rings is 1. The SMILES string of the molecule is CC(C)(C)N1CCC2(CCC(OCCn3ccnc3)CC2)CC1. The molecule has 0 atom stereocenters. The number of hydrogen-bond donors (Lipinski definition) is 0. The van der Waals surface area contributed by atoms with Crippen molar-refractivity contribution in [1.29, 1.82) is 0 Å². The molecule has 23 heavy (non-hydrogen) atoms. The number of imidazole rings is 1. The lowest BCUT2D eigenvalue weighted by Gasteiger charge is -2.49. The second-order valence-electron chi connectivity index (χ2n) is 8.53. The van der Waals surface area contributed by atoms with Gasteiger partial charge in [-0.05, 0) is 77.8 Å². The van der Waals surface area contributed by atoms with Gasteiger partial charge in [0.1, 0.15) is 0 Å². The molecule has 4 nitrogen and oxygen atoms in total. The predicted molar refractivity (Wildman–Crippen MR) is 93.4 cm³/mol. The first-order valence-electron chi connectivity index (χ1n) is 9.29. The van der Waals surface area contributed by atoms with E-state index in [9.17, 15) is 0 Å². The molecule has 1 aliphatic heterocycles. The lowest BCUT2D eigenvalue weighted by atomic mass is 9.67. The Hall–Kier alpha value is -0.870. The normalized spacial score (nSPS) is 23.4. The first-order chi connectivity index (χ1) is 11.0. The lowest BCUT2D eigenvalue weighted by molar-refractivity contribution is -0.0359. The maximum Gasteiger partial charge on any atom is 0.0946 e. The molecule has 0 radical (unpaired) electrons. The quantitative estimate of drug-likeness (QED) is 0.847. The summed E-state index contributed by atoms with van der Waals surface area (Å²) in [5, 5.41) is 0. The topological polar surface area (TPSA) is 30.3 Å². The van der Waals surface area contributed by atoms with Gasteiger partial charge in [-0.2, -0.15) is 0 Å². The van der Waals surface area contributed by atoms with Crippen molar-refractivity contribution < 1.29 is 4.74 Å². The summed E-state index contributed by atoms with van der Waals surface area (Å²) in [6.45, 7) is 11.3. The summed E-state index contributed by atoms with van der Waals surface area (Å²) >= 11 is 0. The minimum absolute atomic E-state index is 0.329. The molecule has 2 aliphatic rings. The van der Waals surface area contributed by atoms with E-state index >= 15 is 0 Å². The van der Waals surface area contributed by atoms with Gasteiger partial charge in [-0.15, -0.1) is 0 Å². The Morgan fingerprint density at radius 3 is 2.39 bits per heavy atom. The van der Waals surface area contributed by atoms with E-state index in [0.29, 0.717) is 17.1 Å². The minimum atomic E-state index is 0.329. The molecule has 1 aromatic heterocycles. The van der Waals surface area contributed by atoms with Crippen LogP contribution >= 0.6 is 0 Å². The van der Waals surface area contributed by atoms with E-state index in [4.69, 9.17) is 4.74 Å². The van der Waals surface area contributed by atoms with Crippen molar-refractivity contribution in [3.8, 4) is 0 Å². The van der Waals surface area contributed by atoms with Gasteiger partial charge >= 0.3 is 0 Å². The molecule has 130 valence electrons. The van der Waals surface area contributed by atoms with E-state index in [0.717, 1.165) is 13.2 Å². The maximum atomic E-state index is 6.11. The van der Waals surface area contributed by atoms with Gasteiger partial charge < -0.3 is 9.30 Å². The Bertz CT molecular complexity index is 459. The van der Waals surface area contributed by atoms with Crippen LogP contribution in [0.15, 0.2) is 18.7 Å². The number of aromatic nitrogens is 2. The molecule has 1 saturated carbocycles. The van der Waals surface area contributed by atoms with E-state index < -0.39 is 0 Å². The average Bonchev–Trinajstić information content (AvgIpc) is 3.02. The first kappa shape index (κ1) is 17.0. The van der Waals surface area contributed by atoms with Crippen molar-refractivity contribution in [3.63, 3.8) is 0 Å². The molecular weight excluding hydrogens is 286 g/mol. The summed E-state index contributed by atoms with van der Waals surface area (Å²) in [5.41, 5.74) is 0.946. The molecule has 0 aromatic carbocycles. The van der Waals surface area contributed by atoms with Crippen molar-refractivity contribution in [2.24, 2.45) is 5.41 Å². The van der Waals surface area contributed by atoms with Gasteiger partial charge in [0.05, 0.1) is 19.0 Å². The van der Waals surface area contributed by atoms with E-state index in [1.54, 1.807) is 0 Å².